The molecule has 3 unspecified atom stereocenters. The van der Waals surface area contributed by atoms with E-state index in [2.05, 4.69) is 16.0 Å². The number of rotatable bonds is 12. The van der Waals surface area contributed by atoms with Crippen LogP contribution in [0.25, 0.3) is 0 Å². The van der Waals surface area contributed by atoms with Gasteiger partial charge in [0, 0.05) is 12.8 Å². The molecule has 0 saturated heterocycles. The molecule has 31 heavy (non-hydrogen) atoms. The Bertz CT molecular complexity index is 812. The number of carboxylic acids is 2. The van der Waals surface area contributed by atoms with E-state index < -0.39 is 54.3 Å². The Morgan fingerprint density at radius 2 is 1.61 bits per heavy atom. The van der Waals surface area contributed by atoms with Crippen molar-refractivity contribution in [2.24, 2.45) is 5.73 Å². The van der Waals surface area contributed by atoms with Crippen LogP contribution in [0.5, 0.6) is 5.75 Å². The maximum atomic E-state index is 12.6. The lowest BCUT2D eigenvalue weighted by molar-refractivity contribution is -0.141. The largest absolute Gasteiger partial charge is 0.508 e. The third-order valence-electron chi connectivity index (χ3n) is 4.19. The molecule has 0 saturated carbocycles. The van der Waals surface area contributed by atoms with Crippen LogP contribution in [0.1, 0.15) is 25.3 Å². The summed E-state index contributed by atoms with van der Waals surface area (Å²) in [4.78, 5) is 58.0. The van der Waals surface area contributed by atoms with Crippen molar-refractivity contribution in [3.8, 4) is 5.75 Å². The molecule has 1 rings (SSSR count). The van der Waals surface area contributed by atoms with Crippen LogP contribution >= 0.6 is 0 Å². The standard InChI is InChI=1S/C19H26N4O8/c1-10(19(30)31)22-15(25)9-21-18(29)14(8-11-2-4-12(24)5-3-11)23-17(28)13(20)6-7-16(26)27/h2-5,10,13-14,24H,6-9,20H2,1H3,(H,21,29)(H,22,25)(H,23,28)(H,26,27)(H,30,31). The van der Waals surface area contributed by atoms with Gasteiger partial charge in [0.05, 0.1) is 12.6 Å². The van der Waals surface area contributed by atoms with Crippen molar-refractivity contribution in [3.05, 3.63) is 29.8 Å². The number of hydrogen-bond acceptors (Lipinski definition) is 7. The number of carboxylic acid groups (broad SMARTS) is 2. The quantitative estimate of drug-likeness (QED) is 0.198. The molecule has 0 aromatic heterocycles. The van der Waals surface area contributed by atoms with Gasteiger partial charge in [0.1, 0.15) is 17.8 Å². The molecule has 0 aliphatic carbocycles. The Balaban J connectivity index is 2.80. The number of aromatic hydroxyl groups is 1. The first-order valence-corrected chi connectivity index (χ1v) is 9.35. The van der Waals surface area contributed by atoms with Gasteiger partial charge in [-0.2, -0.15) is 0 Å². The summed E-state index contributed by atoms with van der Waals surface area (Å²) < 4.78 is 0. The second-order valence-electron chi connectivity index (χ2n) is 6.82. The third-order valence-corrected chi connectivity index (χ3v) is 4.19. The van der Waals surface area contributed by atoms with Crippen molar-refractivity contribution in [2.75, 3.05) is 6.54 Å². The van der Waals surface area contributed by atoms with E-state index in [0.717, 1.165) is 0 Å². The molecule has 0 bridgehead atoms. The molecule has 12 nitrogen and oxygen atoms in total. The van der Waals surface area contributed by atoms with E-state index >= 15 is 0 Å². The van der Waals surface area contributed by atoms with Crippen molar-refractivity contribution in [2.45, 2.75) is 44.3 Å². The minimum Gasteiger partial charge on any atom is -0.508 e. The van der Waals surface area contributed by atoms with Crippen molar-refractivity contribution >= 4 is 29.7 Å². The Morgan fingerprint density at radius 3 is 2.16 bits per heavy atom. The second kappa shape index (κ2) is 12.1. The summed E-state index contributed by atoms with van der Waals surface area (Å²) >= 11 is 0. The predicted octanol–water partition coefficient (Wildman–Crippen LogP) is -1.68. The van der Waals surface area contributed by atoms with Crippen LogP contribution in [-0.2, 0) is 30.4 Å². The van der Waals surface area contributed by atoms with Gasteiger partial charge in [-0.25, -0.2) is 0 Å². The van der Waals surface area contributed by atoms with Crippen LogP contribution in [-0.4, -0.2) is 69.7 Å². The molecule has 0 radical (unpaired) electrons. The van der Waals surface area contributed by atoms with Gasteiger partial charge < -0.3 is 37.0 Å². The minimum absolute atomic E-state index is 0.00332. The van der Waals surface area contributed by atoms with Crippen molar-refractivity contribution in [3.63, 3.8) is 0 Å². The number of carbonyl (C=O) groups excluding carboxylic acids is 3. The van der Waals surface area contributed by atoms with Crippen molar-refractivity contribution < 1.29 is 39.3 Å². The van der Waals surface area contributed by atoms with E-state index in [4.69, 9.17) is 15.9 Å². The highest BCUT2D eigenvalue weighted by atomic mass is 16.4. The summed E-state index contributed by atoms with van der Waals surface area (Å²) in [6.45, 7) is 0.734. The smallest absolute Gasteiger partial charge is 0.325 e. The second-order valence-corrected chi connectivity index (χ2v) is 6.82. The van der Waals surface area contributed by atoms with Crippen LogP contribution in [0.2, 0.25) is 0 Å². The molecule has 0 aliphatic rings. The first-order valence-electron chi connectivity index (χ1n) is 9.35. The number of nitrogens with two attached hydrogens (primary N) is 1. The molecule has 0 heterocycles. The van der Waals surface area contributed by atoms with Crippen LogP contribution < -0.4 is 21.7 Å². The van der Waals surface area contributed by atoms with E-state index in [1.54, 1.807) is 0 Å². The fourth-order valence-corrected chi connectivity index (χ4v) is 2.41. The van der Waals surface area contributed by atoms with Gasteiger partial charge in [-0.05, 0) is 31.0 Å². The SMILES string of the molecule is CC(NC(=O)CNC(=O)C(Cc1ccc(O)cc1)NC(=O)C(N)CCC(=O)O)C(=O)O. The fraction of sp³-hybridized carbons (Fsp3) is 0.421. The number of carbonyl (C=O) groups is 5. The third kappa shape index (κ3) is 9.58. The zero-order valence-electron chi connectivity index (χ0n) is 16.8. The number of phenolic OH excluding ortho intramolecular Hbond substituents is 1. The predicted molar refractivity (Wildman–Crippen MR) is 107 cm³/mol. The minimum atomic E-state index is -1.24. The first kappa shape index (κ1) is 25.4. The summed E-state index contributed by atoms with van der Waals surface area (Å²) in [5.74, 6) is -4.57. The van der Waals surface area contributed by atoms with Gasteiger partial charge in [0.25, 0.3) is 0 Å². The molecular weight excluding hydrogens is 412 g/mol. The first-order chi connectivity index (χ1) is 14.5. The maximum Gasteiger partial charge on any atom is 0.325 e. The Morgan fingerprint density at radius 1 is 1.00 bits per heavy atom. The van der Waals surface area contributed by atoms with Gasteiger partial charge in [0.2, 0.25) is 17.7 Å². The van der Waals surface area contributed by atoms with Gasteiger partial charge in [-0.1, -0.05) is 12.1 Å². The fourth-order valence-electron chi connectivity index (χ4n) is 2.41. The number of benzene rings is 1. The maximum absolute atomic E-state index is 12.6. The Labute approximate surface area is 177 Å². The zero-order valence-corrected chi connectivity index (χ0v) is 16.8. The molecule has 0 spiro atoms. The van der Waals surface area contributed by atoms with Gasteiger partial charge in [0.15, 0.2) is 0 Å². The van der Waals surface area contributed by atoms with Crippen LogP contribution in [0.4, 0.5) is 0 Å². The highest BCUT2D eigenvalue weighted by molar-refractivity contribution is 5.92. The molecule has 1 aromatic rings. The van der Waals surface area contributed by atoms with Gasteiger partial charge in [-0.3, -0.25) is 24.0 Å². The average molecular weight is 438 g/mol. The van der Waals surface area contributed by atoms with E-state index in [-0.39, 0.29) is 25.0 Å². The van der Waals surface area contributed by atoms with Crippen molar-refractivity contribution in [1.82, 2.24) is 16.0 Å². The summed E-state index contributed by atoms with van der Waals surface area (Å²) in [6.07, 6.45) is -0.466. The molecule has 0 fully saturated rings. The van der Waals surface area contributed by atoms with E-state index in [1.165, 1.54) is 31.2 Å². The van der Waals surface area contributed by atoms with E-state index in [0.29, 0.717) is 5.56 Å². The lowest BCUT2D eigenvalue weighted by Crippen LogP contribution is -2.54. The molecule has 8 N–H and O–H groups in total. The number of phenols is 1. The molecule has 170 valence electrons. The number of aliphatic carboxylic acids is 2. The van der Waals surface area contributed by atoms with E-state index in [1.807, 2.05) is 0 Å². The van der Waals surface area contributed by atoms with Gasteiger partial charge in [-0.15, -0.1) is 0 Å². The number of amides is 3. The molecular formula is C19H26N4O8. The molecule has 3 amide bonds. The zero-order chi connectivity index (χ0) is 23.6. The summed E-state index contributed by atoms with van der Waals surface area (Å²) in [5.41, 5.74) is 6.26. The monoisotopic (exact) mass is 438 g/mol. The lowest BCUT2D eigenvalue weighted by Gasteiger charge is -2.21. The van der Waals surface area contributed by atoms with Gasteiger partial charge >= 0.3 is 11.9 Å². The highest BCUT2D eigenvalue weighted by Crippen LogP contribution is 2.11. The molecule has 12 heteroatoms. The molecule has 3 atom stereocenters. The summed E-state index contributed by atoms with van der Waals surface area (Å²) in [5, 5.41) is 33.8. The van der Waals surface area contributed by atoms with Crippen LogP contribution in [0.15, 0.2) is 24.3 Å². The highest BCUT2D eigenvalue weighted by Gasteiger charge is 2.25. The normalized spacial score (nSPS) is 13.4. The molecule has 1 aromatic carbocycles. The Kier molecular flexibility index (Phi) is 9.92. The number of hydrogen-bond donors (Lipinski definition) is 7. The van der Waals surface area contributed by atoms with Crippen molar-refractivity contribution in [1.29, 1.82) is 0 Å². The summed E-state index contributed by atoms with van der Waals surface area (Å²) in [7, 11) is 0. The lowest BCUT2D eigenvalue weighted by atomic mass is 10.0. The Hall–Kier alpha value is -3.67. The molecule has 0 aliphatic heterocycles. The van der Waals surface area contributed by atoms with E-state index in [9.17, 15) is 29.1 Å². The van der Waals surface area contributed by atoms with Crippen LogP contribution in [0.3, 0.4) is 0 Å². The summed E-state index contributed by atoms with van der Waals surface area (Å²) in [6, 6.07) is 2.39. The topological polar surface area (TPSA) is 208 Å². The average Bonchev–Trinajstić information content (AvgIpc) is 2.70. The van der Waals surface area contributed by atoms with Crippen LogP contribution in [0, 0.1) is 0 Å². The number of nitrogens with one attached hydrogen (secondary N) is 3.